The van der Waals surface area contributed by atoms with Gasteiger partial charge < -0.3 is 4.90 Å². The maximum Gasteiger partial charge on any atom is 0.0444 e. The van der Waals surface area contributed by atoms with Crippen molar-refractivity contribution in [1.82, 2.24) is 4.90 Å². The number of nitrogens with zero attached hydrogens (tertiary/aromatic N) is 1. The third-order valence-corrected chi connectivity index (χ3v) is 5.70. The molecule has 2 aromatic rings. The molecular formula is C19H20ClN. The number of rotatable bonds is 1. The second kappa shape index (κ2) is 5.15. The molecule has 2 heteroatoms. The SMILES string of the molecule is CN1CCC2c3ccccc3C(c3ccccc3Cl)C[C@@H]21. The fraction of sp³-hybridized carbons (Fsp3) is 0.368. The Morgan fingerprint density at radius 2 is 1.62 bits per heavy atom. The first-order valence-corrected chi connectivity index (χ1v) is 8.17. The summed E-state index contributed by atoms with van der Waals surface area (Å²) in [6.07, 6.45) is 2.47. The van der Waals surface area contributed by atoms with E-state index in [2.05, 4.69) is 48.3 Å². The van der Waals surface area contributed by atoms with E-state index in [0.29, 0.717) is 17.9 Å². The van der Waals surface area contributed by atoms with Crippen molar-refractivity contribution in [1.29, 1.82) is 0 Å². The first-order chi connectivity index (χ1) is 10.3. The topological polar surface area (TPSA) is 3.24 Å². The Morgan fingerprint density at radius 1 is 0.952 bits per heavy atom. The van der Waals surface area contributed by atoms with Crippen molar-refractivity contribution in [3.63, 3.8) is 0 Å². The van der Waals surface area contributed by atoms with Crippen molar-refractivity contribution < 1.29 is 0 Å². The molecule has 0 N–H and O–H groups in total. The van der Waals surface area contributed by atoms with Gasteiger partial charge in [0.25, 0.3) is 0 Å². The third-order valence-electron chi connectivity index (χ3n) is 5.35. The van der Waals surface area contributed by atoms with Crippen LogP contribution in [0.15, 0.2) is 48.5 Å². The fourth-order valence-electron chi connectivity index (χ4n) is 4.30. The third kappa shape index (κ3) is 2.11. The summed E-state index contributed by atoms with van der Waals surface area (Å²) in [6.45, 7) is 1.21. The van der Waals surface area contributed by atoms with Crippen LogP contribution in [0.4, 0.5) is 0 Å². The number of likely N-dealkylation sites (N-methyl/N-ethyl adjacent to an activating group) is 1. The fourth-order valence-corrected chi connectivity index (χ4v) is 4.57. The minimum Gasteiger partial charge on any atom is -0.303 e. The van der Waals surface area contributed by atoms with Crippen LogP contribution in [0.1, 0.15) is 41.4 Å². The summed E-state index contributed by atoms with van der Waals surface area (Å²) in [5.74, 6) is 1.13. The molecule has 1 aliphatic carbocycles. The predicted octanol–water partition coefficient (Wildman–Crippen LogP) is 4.66. The van der Waals surface area contributed by atoms with Gasteiger partial charge in [0.1, 0.15) is 0 Å². The summed E-state index contributed by atoms with van der Waals surface area (Å²) in [4.78, 5) is 2.53. The Labute approximate surface area is 131 Å². The molecule has 1 fully saturated rings. The standard InChI is InChI=1S/C19H20ClN/c1-21-11-10-16-13-6-2-3-7-14(13)17(12-19(16)21)15-8-4-5-9-18(15)20/h2-9,16-17,19H,10-12H2,1H3/t16?,17?,19-/m0/s1. The molecule has 4 rings (SSSR count). The van der Waals surface area contributed by atoms with Gasteiger partial charge in [-0.15, -0.1) is 0 Å². The van der Waals surface area contributed by atoms with E-state index in [9.17, 15) is 0 Å². The van der Waals surface area contributed by atoms with Crippen molar-refractivity contribution in [3.05, 3.63) is 70.2 Å². The van der Waals surface area contributed by atoms with Crippen LogP contribution in [0.3, 0.4) is 0 Å². The highest BCUT2D eigenvalue weighted by Gasteiger charge is 2.41. The molecule has 108 valence electrons. The number of hydrogen-bond acceptors (Lipinski definition) is 1. The van der Waals surface area contributed by atoms with E-state index in [-0.39, 0.29) is 0 Å². The minimum atomic E-state index is 0.427. The number of likely N-dealkylation sites (tertiary alicyclic amines) is 1. The Balaban J connectivity index is 1.85. The van der Waals surface area contributed by atoms with E-state index in [1.807, 2.05) is 12.1 Å². The zero-order chi connectivity index (χ0) is 14.4. The molecular weight excluding hydrogens is 278 g/mol. The van der Waals surface area contributed by atoms with E-state index in [4.69, 9.17) is 11.6 Å². The average molecular weight is 298 g/mol. The second-order valence-corrected chi connectivity index (χ2v) is 6.79. The molecule has 0 amide bonds. The van der Waals surface area contributed by atoms with Crippen LogP contribution in [0, 0.1) is 0 Å². The van der Waals surface area contributed by atoms with Crippen LogP contribution in [0.25, 0.3) is 0 Å². The second-order valence-electron chi connectivity index (χ2n) is 6.38. The van der Waals surface area contributed by atoms with Crippen LogP contribution in [-0.2, 0) is 0 Å². The molecule has 1 saturated heterocycles. The molecule has 3 atom stereocenters. The molecule has 1 nitrogen and oxygen atoms in total. The van der Waals surface area contributed by atoms with Gasteiger partial charge in [0.15, 0.2) is 0 Å². The Bertz CT molecular complexity index is 666. The van der Waals surface area contributed by atoms with Gasteiger partial charge in [0.2, 0.25) is 0 Å². The molecule has 0 spiro atoms. The van der Waals surface area contributed by atoms with Gasteiger partial charge in [-0.25, -0.2) is 0 Å². The van der Waals surface area contributed by atoms with Crippen molar-refractivity contribution in [3.8, 4) is 0 Å². The highest BCUT2D eigenvalue weighted by molar-refractivity contribution is 6.31. The molecule has 1 aliphatic heterocycles. The molecule has 2 aromatic carbocycles. The first-order valence-electron chi connectivity index (χ1n) is 7.79. The van der Waals surface area contributed by atoms with Crippen LogP contribution in [-0.4, -0.2) is 24.5 Å². The van der Waals surface area contributed by atoms with Crippen LogP contribution < -0.4 is 0 Å². The average Bonchev–Trinajstić information content (AvgIpc) is 2.89. The number of halogens is 1. The molecule has 2 aliphatic rings. The van der Waals surface area contributed by atoms with Crippen molar-refractivity contribution in [2.24, 2.45) is 0 Å². The van der Waals surface area contributed by atoms with E-state index in [1.165, 1.54) is 30.5 Å². The van der Waals surface area contributed by atoms with Crippen molar-refractivity contribution in [2.45, 2.75) is 30.7 Å². The lowest BCUT2D eigenvalue weighted by atomic mass is 9.71. The van der Waals surface area contributed by atoms with Crippen LogP contribution in [0.5, 0.6) is 0 Å². The Hall–Kier alpha value is -1.31. The van der Waals surface area contributed by atoms with E-state index in [1.54, 1.807) is 5.56 Å². The van der Waals surface area contributed by atoms with E-state index < -0.39 is 0 Å². The lowest BCUT2D eigenvalue weighted by Crippen LogP contribution is -2.34. The van der Waals surface area contributed by atoms with E-state index in [0.717, 1.165) is 5.02 Å². The minimum absolute atomic E-state index is 0.427. The Morgan fingerprint density at radius 3 is 2.38 bits per heavy atom. The summed E-state index contributed by atoms with van der Waals surface area (Å²) in [5, 5.41) is 0.899. The van der Waals surface area contributed by atoms with Crippen molar-refractivity contribution in [2.75, 3.05) is 13.6 Å². The molecule has 0 radical (unpaired) electrons. The zero-order valence-electron chi connectivity index (χ0n) is 12.3. The van der Waals surface area contributed by atoms with Gasteiger partial charge >= 0.3 is 0 Å². The quantitative estimate of drug-likeness (QED) is 0.740. The number of fused-ring (bicyclic) bond motifs is 3. The maximum atomic E-state index is 6.49. The summed E-state index contributed by atoms with van der Waals surface area (Å²) < 4.78 is 0. The zero-order valence-corrected chi connectivity index (χ0v) is 13.1. The van der Waals surface area contributed by atoms with Crippen LogP contribution in [0.2, 0.25) is 5.02 Å². The number of benzene rings is 2. The highest BCUT2D eigenvalue weighted by atomic mass is 35.5. The van der Waals surface area contributed by atoms with Gasteiger partial charge in [-0.3, -0.25) is 0 Å². The van der Waals surface area contributed by atoms with Crippen LogP contribution >= 0.6 is 11.6 Å². The lowest BCUT2D eigenvalue weighted by molar-refractivity contribution is 0.265. The van der Waals surface area contributed by atoms with Gasteiger partial charge in [0, 0.05) is 22.9 Å². The molecule has 0 saturated carbocycles. The summed E-state index contributed by atoms with van der Waals surface area (Å²) in [5.41, 5.74) is 4.32. The van der Waals surface area contributed by atoms with Gasteiger partial charge in [-0.05, 0) is 49.2 Å². The molecule has 0 aromatic heterocycles. The lowest BCUT2D eigenvalue weighted by Gasteiger charge is -2.37. The molecule has 21 heavy (non-hydrogen) atoms. The maximum absolute atomic E-state index is 6.49. The van der Waals surface area contributed by atoms with Gasteiger partial charge in [0.05, 0.1) is 0 Å². The number of hydrogen-bond donors (Lipinski definition) is 0. The van der Waals surface area contributed by atoms with Gasteiger partial charge in [-0.1, -0.05) is 54.1 Å². The molecule has 2 unspecified atom stereocenters. The summed E-state index contributed by atoms with van der Waals surface area (Å²) in [6, 6.07) is 18.0. The smallest absolute Gasteiger partial charge is 0.0444 e. The summed E-state index contributed by atoms with van der Waals surface area (Å²) >= 11 is 6.49. The normalized spacial score (nSPS) is 28.2. The Kier molecular flexibility index (Phi) is 3.28. The molecule has 1 heterocycles. The highest BCUT2D eigenvalue weighted by Crippen LogP contribution is 2.48. The predicted molar refractivity (Wildman–Crippen MR) is 88.1 cm³/mol. The largest absolute Gasteiger partial charge is 0.303 e. The first kappa shape index (κ1) is 13.4. The molecule has 0 bridgehead atoms. The van der Waals surface area contributed by atoms with Gasteiger partial charge in [-0.2, -0.15) is 0 Å². The summed E-state index contributed by atoms with van der Waals surface area (Å²) in [7, 11) is 2.27. The van der Waals surface area contributed by atoms with E-state index >= 15 is 0 Å². The van der Waals surface area contributed by atoms with Crippen molar-refractivity contribution >= 4 is 11.6 Å². The monoisotopic (exact) mass is 297 g/mol.